The van der Waals surface area contributed by atoms with Crippen LogP contribution in [0.5, 0.6) is 0 Å². The lowest BCUT2D eigenvalue weighted by Crippen LogP contribution is -2.18. The van der Waals surface area contributed by atoms with E-state index in [0.717, 1.165) is 19.6 Å². The fourth-order valence-electron chi connectivity index (χ4n) is 1.61. The highest BCUT2D eigenvalue weighted by Gasteiger charge is 2.12. The minimum Gasteiger partial charge on any atom is -0.496 e. The molecule has 1 aliphatic rings. The van der Waals surface area contributed by atoms with Crippen LogP contribution in [0.4, 0.5) is 0 Å². The Labute approximate surface area is 75.0 Å². The van der Waals surface area contributed by atoms with E-state index in [4.69, 9.17) is 4.74 Å². The van der Waals surface area contributed by atoms with Gasteiger partial charge in [0.2, 0.25) is 0 Å². The summed E-state index contributed by atoms with van der Waals surface area (Å²) in [6.07, 6.45) is 4.88. The quantitative estimate of drug-likeness (QED) is 0.698. The van der Waals surface area contributed by atoms with E-state index >= 15 is 0 Å². The molecule has 0 heterocycles. The number of nitrogens with one attached hydrogen (secondary N) is 1. The average molecular weight is 169 g/mol. The van der Waals surface area contributed by atoms with Crippen molar-refractivity contribution in [3.63, 3.8) is 0 Å². The Balaban J connectivity index is 2.55. The van der Waals surface area contributed by atoms with Crippen molar-refractivity contribution in [2.75, 3.05) is 13.2 Å². The molecule has 1 aliphatic carbocycles. The molecule has 1 N–H and O–H groups in total. The molecule has 70 valence electrons. The largest absolute Gasteiger partial charge is 0.496 e. The zero-order valence-electron chi connectivity index (χ0n) is 8.15. The van der Waals surface area contributed by atoms with Crippen LogP contribution in [0.15, 0.2) is 11.5 Å². The summed E-state index contributed by atoms with van der Waals surface area (Å²) in [5, 5.41) is 3.37. The highest BCUT2D eigenvalue weighted by Crippen LogP contribution is 2.23. The van der Waals surface area contributed by atoms with Crippen molar-refractivity contribution in [3.8, 4) is 0 Å². The summed E-state index contributed by atoms with van der Waals surface area (Å²) >= 11 is 0. The molecule has 0 saturated heterocycles. The zero-order valence-corrected chi connectivity index (χ0v) is 8.15. The molecule has 0 aromatic carbocycles. The van der Waals surface area contributed by atoms with Crippen LogP contribution >= 0.6 is 0 Å². The van der Waals surface area contributed by atoms with E-state index in [1.54, 1.807) is 0 Å². The van der Waals surface area contributed by atoms with Gasteiger partial charge < -0.3 is 10.1 Å². The van der Waals surface area contributed by atoms with Crippen molar-refractivity contribution < 1.29 is 4.74 Å². The maximum absolute atomic E-state index is 5.57. The van der Waals surface area contributed by atoms with E-state index in [9.17, 15) is 0 Å². The molecule has 2 nitrogen and oxygen atoms in total. The first-order valence-corrected chi connectivity index (χ1v) is 4.97. The van der Waals surface area contributed by atoms with Crippen molar-refractivity contribution in [1.82, 2.24) is 5.32 Å². The fraction of sp³-hybridized carbons (Fsp3) is 0.800. The summed E-state index contributed by atoms with van der Waals surface area (Å²) < 4.78 is 5.57. The summed E-state index contributed by atoms with van der Waals surface area (Å²) in [6.45, 7) is 5.98. The first-order valence-electron chi connectivity index (χ1n) is 4.97. The molecule has 0 saturated carbocycles. The molecule has 0 aromatic heterocycles. The average Bonchev–Trinajstić information content (AvgIpc) is 2.09. The summed E-state index contributed by atoms with van der Waals surface area (Å²) in [6, 6.07) is 0. The first-order chi connectivity index (χ1) is 5.88. The third-order valence-corrected chi connectivity index (χ3v) is 2.13. The zero-order chi connectivity index (χ0) is 8.81. The third kappa shape index (κ3) is 2.43. The maximum atomic E-state index is 5.57. The maximum Gasteiger partial charge on any atom is 0.115 e. The van der Waals surface area contributed by atoms with Gasteiger partial charge in [0.1, 0.15) is 5.76 Å². The molecule has 1 rings (SSSR count). The predicted molar refractivity (Wildman–Crippen MR) is 50.8 cm³/mol. The topological polar surface area (TPSA) is 21.3 Å². The number of hydrogen-bond acceptors (Lipinski definition) is 2. The van der Waals surface area contributed by atoms with Gasteiger partial charge in [-0.25, -0.2) is 0 Å². The fourth-order valence-corrected chi connectivity index (χ4v) is 1.61. The lowest BCUT2D eigenvalue weighted by molar-refractivity contribution is 0.203. The first kappa shape index (κ1) is 9.43. The molecule has 2 heteroatoms. The molecule has 0 atom stereocenters. The SMILES string of the molecule is CCNC1=C(OCC)CCCC1. The van der Waals surface area contributed by atoms with Crippen LogP contribution in [-0.2, 0) is 4.74 Å². The Kier molecular flexibility index (Phi) is 3.98. The van der Waals surface area contributed by atoms with Crippen LogP contribution in [0.1, 0.15) is 39.5 Å². The normalized spacial score (nSPS) is 17.8. The minimum absolute atomic E-state index is 0.796. The summed E-state index contributed by atoms with van der Waals surface area (Å²) in [4.78, 5) is 0. The van der Waals surface area contributed by atoms with Crippen LogP contribution < -0.4 is 5.32 Å². The Morgan fingerprint density at radius 3 is 2.67 bits per heavy atom. The lowest BCUT2D eigenvalue weighted by Gasteiger charge is -2.20. The van der Waals surface area contributed by atoms with Crippen molar-refractivity contribution >= 4 is 0 Å². The number of ether oxygens (including phenoxy) is 1. The van der Waals surface area contributed by atoms with Crippen molar-refractivity contribution in [2.24, 2.45) is 0 Å². The molecule has 0 amide bonds. The Morgan fingerprint density at radius 1 is 1.25 bits per heavy atom. The van der Waals surface area contributed by atoms with Crippen molar-refractivity contribution in [3.05, 3.63) is 11.5 Å². The van der Waals surface area contributed by atoms with Gasteiger partial charge in [-0.15, -0.1) is 0 Å². The molecule has 0 aromatic rings. The van der Waals surface area contributed by atoms with Gasteiger partial charge in [0, 0.05) is 18.7 Å². The second-order valence-electron chi connectivity index (χ2n) is 3.07. The molecule has 0 unspecified atom stereocenters. The highest BCUT2D eigenvalue weighted by molar-refractivity contribution is 5.09. The third-order valence-electron chi connectivity index (χ3n) is 2.13. The van der Waals surface area contributed by atoms with Gasteiger partial charge in [-0.2, -0.15) is 0 Å². The second kappa shape index (κ2) is 5.07. The summed E-state index contributed by atoms with van der Waals surface area (Å²) in [7, 11) is 0. The Hall–Kier alpha value is -0.660. The summed E-state index contributed by atoms with van der Waals surface area (Å²) in [5.74, 6) is 1.20. The van der Waals surface area contributed by atoms with Crippen LogP contribution in [0.25, 0.3) is 0 Å². The highest BCUT2D eigenvalue weighted by atomic mass is 16.5. The smallest absolute Gasteiger partial charge is 0.115 e. The summed E-state index contributed by atoms with van der Waals surface area (Å²) in [5.41, 5.74) is 1.34. The predicted octanol–water partition coefficient (Wildman–Crippen LogP) is 2.42. The molecule has 0 bridgehead atoms. The lowest BCUT2D eigenvalue weighted by atomic mass is 10.0. The van der Waals surface area contributed by atoms with Gasteiger partial charge in [-0.1, -0.05) is 0 Å². The standard InChI is InChI=1S/C10H19NO/c1-3-11-9-7-5-6-8-10(9)12-4-2/h11H,3-8H2,1-2H3. The van der Waals surface area contributed by atoms with E-state index < -0.39 is 0 Å². The molecule has 0 spiro atoms. The van der Waals surface area contributed by atoms with Crippen LogP contribution in [0.2, 0.25) is 0 Å². The van der Waals surface area contributed by atoms with Gasteiger partial charge in [0.25, 0.3) is 0 Å². The van der Waals surface area contributed by atoms with Crippen LogP contribution in [0, 0.1) is 0 Å². The van der Waals surface area contributed by atoms with Crippen molar-refractivity contribution in [1.29, 1.82) is 0 Å². The van der Waals surface area contributed by atoms with Crippen LogP contribution in [-0.4, -0.2) is 13.2 Å². The van der Waals surface area contributed by atoms with Crippen LogP contribution in [0.3, 0.4) is 0 Å². The van der Waals surface area contributed by atoms with Gasteiger partial charge in [-0.05, 0) is 33.1 Å². The minimum atomic E-state index is 0.796. The molecular weight excluding hydrogens is 150 g/mol. The van der Waals surface area contributed by atoms with Gasteiger partial charge >= 0.3 is 0 Å². The van der Waals surface area contributed by atoms with Gasteiger partial charge in [0.05, 0.1) is 6.61 Å². The number of hydrogen-bond donors (Lipinski definition) is 1. The molecular formula is C10H19NO. The molecule has 0 aliphatic heterocycles. The van der Waals surface area contributed by atoms with Gasteiger partial charge in [-0.3, -0.25) is 0 Å². The van der Waals surface area contributed by atoms with Crippen molar-refractivity contribution in [2.45, 2.75) is 39.5 Å². The van der Waals surface area contributed by atoms with E-state index in [1.165, 1.54) is 30.7 Å². The van der Waals surface area contributed by atoms with E-state index in [2.05, 4.69) is 12.2 Å². The molecule has 0 fully saturated rings. The Morgan fingerprint density at radius 2 is 2.00 bits per heavy atom. The van der Waals surface area contributed by atoms with E-state index in [0.29, 0.717) is 0 Å². The van der Waals surface area contributed by atoms with E-state index in [-0.39, 0.29) is 0 Å². The second-order valence-corrected chi connectivity index (χ2v) is 3.07. The van der Waals surface area contributed by atoms with Gasteiger partial charge in [0.15, 0.2) is 0 Å². The monoisotopic (exact) mass is 169 g/mol. The number of allylic oxidation sites excluding steroid dienone is 2. The molecule has 12 heavy (non-hydrogen) atoms. The Bertz CT molecular complexity index is 145. The molecule has 0 radical (unpaired) electrons. The van der Waals surface area contributed by atoms with E-state index in [1.807, 2.05) is 6.92 Å². The number of rotatable bonds is 4.